The molecule has 2 aromatic carbocycles. The van der Waals surface area contributed by atoms with Crippen molar-refractivity contribution in [3.63, 3.8) is 0 Å². The van der Waals surface area contributed by atoms with Crippen LogP contribution in [0.2, 0.25) is 0 Å². The van der Waals surface area contributed by atoms with E-state index in [-0.39, 0.29) is 33.8 Å². The van der Waals surface area contributed by atoms with Crippen molar-refractivity contribution in [2.75, 3.05) is 5.32 Å². The van der Waals surface area contributed by atoms with Crippen molar-refractivity contribution in [3.05, 3.63) is 88.2 Å². The molecule has 3 N–H and O–H groups in total. The fraction of sp³-hybridized carbons (Fsp3) is 0.250. The van der Waals surface area contributed by atoms with Crippen molar-refractivity contribution < 1.29 is 24.2 Å². The van der Waals surface area contributed by atoms with E-state index in [0.717, 1.165) is 12.4 Å². The van der Waals surface area contributed by atoms with Gasteiger partial charge in [0.05, 0.1) is 33.8 Å². The van der Waals surface area contributed by atoms with Crippen molar-refractivity contribution in [2.24, 2.45) is 0 Å². The van der Waals surface area contributed by atoms with Gasteiger partial charge in [-0.1, -0.05) is 31.2 Å². The topological polar surface area (TPSA) is 165 Å². The molecule has 206 valence electrons. The third-order valence-electron chi connectivity index (χ3n) is 5.72. The first kappa shape index (κ1) is 27.9. The molecule has 2 amide bonds. The summed E-state index contributed by atoms with van der Waals surface area (Å²) < 4.78 is 6.78. The Labute approximate surface area is 229 Å². The zero-order valence-corrected chi connectivity index (χ0v) is 22.3. The van der Waals surface area contributed by atoms with Crippen LogP contribution < -0.4 is 16.2 Å². The summed E-state index contributed by atoms with van der Waals surface area (Å²) in [6.45, 7) is 7.09. The lowest BCUT2D eigenvalue weighted by Gasteiger charge is -2.25. The molecule has 1 atom stereocenters. The van der Waals surface area contributed by atoms with Gasteiger partial charge in [0.25, 0.3) is 11.5 Å². The van der Waals surface area contributed by atoms with Gasteiger partial charge in [0.1, 0.15) is 11.4 Å². The summed E-state index contributed by atoms with van der Waals surface area (Å²) >= 11 is 0. The van der Waals surface area contributed by atoms with Gasteiger partial charge in [0.2, 0.25) is 5.95 Å². The molecule has 12 heteroatoms. The van der Waals surface area contributed by atoms with Crippen molar-refractivity contribution in [2.45, 2.75) is 45.8 Å². The monoisotopic (exact) mass is 544 g/mol. The highest BCUT2D eigenvalue weighted by atomic mass is 16.6. The normalized spacial score (nSPS) is 12.0. The van der Waals surface area contributed by atoms with Gasteiger partial charge in [0, 0.05) is 12.4 Å². The number of carboxylic acid groups (broad SMARTS) is 1. The number of para-hydroxylation sites is 1. The zero-order valence-electron chi connectivity index (χ0n) is 22.3. The van der Waals surface area contributed by atoms with E-state index >= 15 is 0 Å². The number of alkyl carbamates (subject to hydrolysis) is 1. The second kappa shape index (κ2) is 11.3. The van der Waals surface area contributed by atoms with Crippen LogP contribution >= 0.6 is 0 Å². The van der Waals surface area contributed by atoms with Gasteiger partial charge in [-0.3, -0.25) is 19.5 Å². The van der Waals surface area contributed by atoms with Gasteiger partial charge in [-0.25, -0.2) is 24.5 Å². The minimum Gasteiger partial charge on any atom is -0.478 e. The molecule has 2 aromatic heterocycles. The third kappa shape index (κ3) is 6.12. The van der Waals surface area contributed by atoms with Crippen LogP contribution in [0.25, 0.3) is 16.6 Å². The number of anilines is 1. The first-order chi connectivity index (χ1) is 19.0. The molecule has 0 aliphatic carbocycles. The van der Waals surface area contributed by atoms with Crippen LogP contribution in [0.15, 0.2) is 65.7 Å². The number of aromatic nitrogens is 4. The number of nitrogens with one attached hydrogen (secondary N) is 2. The number of carboxylic acids is 1. The van der Waals surface area contributed by atoms with Crippen molar-refractivity contribution in [1.29, 1.82) is 0 Å². The van der Waals surface area contributed by atoms with Crippen LogP contribution in [0.5, 0.6) is 0 Å². The lowest BCUT2D eigenvalue weighted by Crippen LogP contribution is -2.38. The Balaban J connectivity index is 1.83. The van der Waals surface area contributed by atoms with E-state index in [9.17, 15) is 19.2 Å². The highest BCUT2D eigenvalue weighted by Gasteiger charge is 2.26. The average molecular weight is 545 g/mol. The summed E-state index contributed by atoms with van der Waals surface area (Å²) in [6.07, 6.45) is 1.86. The summed E-state index contributed by atoms with van der Waals surface area (Å²) in [6, 6.07) is 12.7. The third-order valence-corrected chi connectivity index (χ3v) is 5.72. The van der Waals surface area contributed by atoms with Crippen molar-refractivity contribution in [3.8, 4) is 5.69 Å². The number of ether oxygens (including phenoxy) is 1. The second-order valence-electron chi connectivity index (χ2n) is 9.81. The maximum absolute atomic E-state index is 14.1. The number of carbonyl (C=O) groups excluding carboxylic acids is 2. The fourth-order valence-corrected chi connectivity index (χ4v) is 3.97. The first-order valence-electron chi connectivity index (χ1n) is 12.5. The van der Waals surface area contributed by atoms with E-state index < -0.39 is 35.2 Å². The van der Waals surface area contributed by atoms with E-state index in [1.165, 1.54) is 10.6 Å². The molecule has 40 heavy (non-hydrogen) atoms. The predicted molar refractivity (Wildman–Crippen MR) is 147 cm³/mol. The number of hydrogen-bond acceptors (Lipinski definition) is 8. The Morgan fingerprint density at radius 2 is 1.70 bits per heavy atom. The second-order valence-corrected chi connectivity index (χ2v) is 9.81. The highest BCUT2D eigenvalue weighted by molar-refractivity contribution is 6.11. The van der Waals surface area contributed by atoms with Gasteiger partial charge in [-0.2, -0.15) is 0 Å². The molecule has 0 aliphatic rings. The predicted octanol–water partition coefficient (Wildman–Crippen LogP) is 4.10. The molecular weight excluding hydrogens is 516 g/mol. The van der Waals surface area contributed by atoms with Crippen LogP contribution in [-0.4, -0.2) is 48.2 Å². The molecule has 0 unspecified atom stereocenters. The molecule has 0 radical (unpaired) electrons. The molecule has 0 spiro atoms. The van der Waals surface area contributed by atoms with Crippen LogP contribution in [0.1, 0.15) is 66.7 Å². The Morgan fingerprint density at radius 1 is 1.02 bits per heavy atom. The molecule has 0 fully saturated rings. The first-order valence-corrected chi connectivity index (χ1v) is 12.5. The molecule has 4 aromatic rings. The minimum absolute atomic E-state index is 0.0188. The van der Waals surface area contributed by atoms with Crippen molar-refractivity contribution >= 4 is 34.8 Å². The average Bonchev–Trinajstić information content (AvgIpc) is 2.91. The largest absolute Gasteiger partial charge is 0.478 e. The highest BCUT2D eigenvalue weighted by Crippen LogP contribution is 2.23. The lowest BCUT2D eigenvalue weighted by atomic mass is 10.1. The number of amides is 2. The number of hydrogen-bond donors (Lipinski definition) is 3. The SMILES string of the molecule is CC[C@H](NC(=O)OC(C)(C)C)c1nc2cccc(C(=O)Nc3ncc(C(=O)O)cn3)c2c(=O)n1-c1ccccc1. The molecule has 2 heterocycles. The summed E-state index contributed by atoms with van der Waals surface area (Å²) in [5.41, 5.74) is -0.640. The van der Waals surface area contributed by atoms with E-state index in [1.54, 1.807) is 63.2 Å². The maximum atomic E-state index is 14.1. The molecule has 4 rings (SSSR count). The summed E-state index contributed by atoms with van der Waals surface area (Å²) in [5.74, 6) is -1.75. The minimum atomic E-state index is -1.21. The van der Waals surface area contributed by atoms with Crippen LogP contribution in [0.4, 0.5) is 10.7 Å². The number of rotatable bonds is 7. The lowest BCUT2D eigenvalue weighted by molar-refractivity contribution is 0.0498. The Hall–Kier alpha value is -5.13. The number of carbonyl (C=O) groups is 3. The summed E-state index contributed by atoms with van der Waals surface area (Å²) in [7, 11) is 0. The van der Waals surface area contributed by atoms with Gasteiger partial charge < -0.3 is 15.2 Å². The Morgan fingerprint density at radius 3 is 2.30 bits per heavy atom. The molecule has 0 bridgehead atoms. The standard InChI is InChI=1S/C28H28N6O6/c1-5-19(32-27(39)40-28(2,3)4)22-31-20-13-9-12-18(21(20)24(36)34(22)17-10-7-6-8-11-17)23(35)33-26-29-14-16(15-30-26)25(37)38/h6-15,19H,5H2,1-4H3,(H,32,39)(H,37,38)(H,29,30,33,35)/t19-/m0/s1. The molecule has 0 saturated heterocycles. The van der Waals surface area contributed by atoms with Crippen LogP contribution in [0, 0.1) is 0 Å². The van der Waals surface area contributed by atoms with E-state index in [4.69, 9.17) is 14.8 Å². The maximum Gasteiger partial charge on any atom is 0.408 e. The van der Waals surface area contributed by atoms with E-state index in [0.29, 0.717) is 12.1 Å². The van der Waals surface area contributed by atoms with Gasteiger partial charge >= 0.3 is 12.1 Å². The van der Waals surface area contributed by atoms with Crippen molar-refractivity contribution in [1.82, 2.24) is 24.8 Å². The molecule has 0 aliphatic heterocycles. The summed E-state index contributed by atoms with van der Waals surface area (Å²) in [4.78, 5) is 63.5. The fourth-order valence-electron chi connectivity index (χ4n) is 3.97. The molecular formula is C28H28N6O6. The van der Waals surface area contributed by atoms with E-state index in [2.05, 4.69) is 20.6 Å². The smallest absolute Gasteiger partial charge is 0.408 e. The van der Waals surface area contributed by atoms with Crippen LogP contribution in [-0.2, 0) is 4.74 Å². The number of nitrogens with zero attached hydrogens (tertiary/aromatic N) is 4. The quantitative estimate of drug-likeness (QED) is 0.310. The van der Waals surface area contributed by atoms with Crippen LogP contribution in [0.3, 0.4) is 0 Å². The van der Waals surface area contributed by atoms with E-state index in [1.807, 2.05) is 6.92 Å². The molecule has 12 nitrogen and oxygen atoms in total. The Bertz CT molecular complexity index is 1630. The number of fused-ring (bicyclic) bond motifs is 1. The van der Waals surface area contributed by atoms with Gasteiger partial charge in [-0.15, -0.1) is 0 Å². The molecule has 0 saturated carbocycles. The number of benzene rings is 2. The zero-order chi connectivity index (χ0) is 29.0. The number of aromatic carboxylic acids is 1. The van der Waals surface area contributed by atoms with Gasteiger partial charge in [-0.05, 0) is 51.5 Å². The summed E-state index contributed by atoms with van der Waals surface area (Å²) in [5, 5.41) is 14.4. The van der Waals surface area contributed by atoms with Gasteiger partial charge in [0.15, 0.2) is 0 Å². The Kier molecular flexibility index (Phi) is 7.89.